The lowest BCUT2D eigenvalue weighted by Crippen LogP contribution is -2.01. The van der Waals surface area contributed by atoms with Gasteiger partial charge in [0.15, 0.2) is 0 Å². The number of hydrogen-bond donors (Lipinski definition) is 0. The topological polar surface area (TPSA) is 27.7 Å². The maximum atomic E-state index is 5.70. The van der Waals surface area contributed by atoms with Crippen LogP contribution in [-0.4, -0.2) is 21.3 Å². The first kappa shape index (κ1) is 19.5. The van der Waals surface area contributed by atoms with Gasteiger partial charge >= 0.3 is 0 Å². The first-order valence-electron chi connectivity index (χ1n) is 8.48. The molecule has 3 aromatic carbocycles. The Balaban J connectivity index is 2.06. The molecule has 5 heteroatoms. The van der Waals surface area contributed by atoms with Gasteiger partial charge in [-0.3, -0.25) is 0 Å². The summed E-state index contributed by atoms with van der Waals surface area (Å²) in [6.07, 6.45) is 0. The van der Waals surface area contributed by atoms with Crippen molar-refractivity contribution in [1.82, 2.24) is 0 Å². The van der Waals surface area contributed by atoms with Crippen molar-refractivity contribution < 1.29 is 14.2 Å². The molecule has 3 aromatic rings. The van der Waals surface area contributed by atoms with Gasteiger partial charge in [-0.2, -0.15) is 0 Å². The van der Waals surface area contributed by atoms with E-state index in [9.17, 15) is 0 Å². The number of ether oxygens (including phenoxy) is 3. The van der Waals surface area contributed by atoms with Crippen molar-refractivity contribution in [3.63, 3.8) is 0 Å². The maximum Gasteiger partial charge on any atom is 0.131 e. The van der Waals surface area contributed by atoms with E-state index in [0.29, 0.717) is 5.75 Å². The quantitative estimate of drug-likeness (QED) is 0.328. The molecule has 0 aromatic heterocycles. The zero-order valence-electron chi connectivity index (χ0n) is 15.5. The van der Waals surface area contributed by atoms with Crippen molar-refractivity contribution >= 4 is 23.5 Å². The van der Waals surface area contributed by atoms with E-state index in [1.807, 2.05) is 24.3 Å². The average molecular weight is 399 g/mol. The first-order chi connectivity index (χ1) is 13.2. The second-order valence-electron chi connectivity index (χ2n) is 5.64. The minimum absolute atomic E-state index is 0.0469. The summed E-state index contributed by atoms with van der Waals surface area (Å²) in [4.78, 5) is 2.37. The van der Waals surface area contributed by atoms with Crippen LogP contribution in [0.25, 0.3) is 0 Å². The monoisotopic (exact) mass is 398 g/mol. The second-order valence-corrected chi connectivity index (χ2v) is 8.29. The third-order valence-electron chi connectivity index (χ3n) is 3.96. The summed E-state index contributed by atoms with van der Waals surface area (Å²) in [5.41, 5.74) is 1.00. The van der Waals surface area contributed by atoms with Gasteiger partial charge in [0.2, 0.25) is 0 Å². The van der Waals surface area contributed by atoms with Crippen LogP contribution in [0.1, 0.15) is 10.1 Å². The molecule has 0 amide bonds. The van der Waals surface area contributed by atoms with Crippen molar-refractivity contribution in [2.45, 2.75) is 14.4 Å². The molecule has 3 nitrogen and oxygen atoms in total. The lowest BCUT2D eigenvalue weighted by Gasteiger charge is -2.22. The Hall–Kier alpha value is -2.24. The Labute approximate surface area is 169 Å². The number of methoxy groups -OCH3 is 3. The SMILES string of the molecule is COc1cc(OC)c(C(Sc2ccccc2)Sc2ccccc2)c(OC)c1. The molecular formula is C22H22O3S2. The van der Waals surface area contributed by atoms with Crippen LogP contribution in [0, 0.1) is 0 Å². The van der Waals surface area contributed by atoms with Crippen molar-refractivity contribution in [2.24, 2.45) is 0 Å². The fourth-order valence-corrected chi connectivity index (χ4v) is 5.33. The molecule has 0 saturated heterocycles. The van der Waals surface area contributed by atoms with Gasteiger partial charge in [0, 0.05) is 21.9 Å². The average Bonchev–Trinajstić information content (AvgIpc) is 2.73. The van der Waals surface area contributed by atoms with Crippen LogP contribution in [0.4, 0.5) is 0 Å². The molecule has 0 aliphatic rings. The van der Waals surface area contributed by atoms with Gasteiger partial charge in [-0.1, -0.05) is 36.4 Å². The van der Waals surface area contributed by atoms with Crippen LogP contribution in [0.2, 0.25) is 0 Å². The number of benzene rings is 3. The minimum atomic E-state index is 0.0469. The van der Waals surface area contributed by atoms with Crippen molar-refractivity contribution in [3.05, 3.63) is 78.4 Å². The van der Waals surface area contributed by atoms with Crippen LogP contribution in [0.15, 0.2) is 82.6 Å². The van der Waals surface area contributed by atoms with Crippen LogP contribution in [-0.2, 0) is 0 Å². The van der Waals surface area contributed by atoms with Crippen molar-refractivity contribution in [2.75, 3.05) is 21.3 Å². The standard InChI is InChI=1S/C22H22O3S2/c1-23-16-14-19(24-2)21(20(15-16)25-3)22(26-17-10-6-4-7-11-17)27-18-12-8-5-9-13-18/h4-15,22H,1-3H3. The number of thioether (sulfide) groups is 2. The van der Waals surface area contributed by atoms with Gasteiger partial charge in [-0.05, 0) is 24.3 Å². The highest BCUT2D eigenvalue weighted by Crippen LogP contribution is 2.53. The van der Waals surface area contributed by atoms with E-state index in [4.69, 9.17) is 14.2 Å². The Morgan fingerprint density at radius 1 is 0.630 bits per heavy atom. The molecular weight excluding hydrogens is 376 g/mol. The van der Waals surface area contributed by atoms with Gasteiger partial charge in [-0.25, -0.2) is 0 Å². The Morgan fingerprint density at radius 2 is 1.07 bits per heavy atom. The van der Waals surface area contributed by atoms with Crippen molar-refractivity contribution in [1.29, 1.82) is 0 Å². The predicted octanol–water partition coefficient (Wildman–Crippen LogP) is 6.30. The lowest BCUT2D eigenvalue weighted by molar-refractivity contribution is 0.370. The molecule has 0 radical (unpaired) electrons. The van der Waals surface area contributed by atoms with Gasteiger partial charge in [0.05, 0.1) is 31.5 Å². The van der Waals surface area contributed by atoms with E-state index in [2.05, 4.69) is 48.5 Å². The highest BCUT2D eigenvalue weighted by Gasteiger charge is 2.25. The molecule has 27 heavy (non-hydrogen) atoms. The van der Waals surface area contributed by atoms with Crippen LogP contribution in [0.3, 0.4) is 0 Å². The summed E-state index contributed by atoms with van der Waals surface area (Å²) in [5, 5.41) is 0. The van der Waals surface area contributed by atoms with E-state index >= 15 is 0 Å². The van der Waals surface area contributed by atoms with Crippen molar-refractivity contribution in [3.8, 4) is 17.2 Å². The third-order valence-corrected chi connectivity index (χ3v) is 6.53. The fourth-order valence-electron chi connectivity index (χ4n) is 2.65. The predicted molar refractivity (Wildman–Crippen MR) is 113 cm³/mol. The molecule has 0 fully saturated rings. The van der Waals surface area contributed by atoms with E-state index < -0.39 is 0 Å². The van der Waals surface area contributed by atoms with E-state index in [1.54, 1.807) is 44.9 Å². The zero-order valence-corrected chi connectivity index (χ0v) is 17.2. The normalized spacial score (nSPS) is 10.7. The largest absolute Gasteiger partial charge is 0.496 e. The lowest BCUT2D eigenvalue weighted by atomic mass is 10.2. The molecule has 0 aliphatic heterocycles. The van der Waals surface area contributed by atoms with Gasteiger partial charge < -0.3 is 14.2 Å². The number of rotatable bonds is 8. The van der Waals surface area contributed by atoms with Gasteiger partial charge in [-0.15, -0.1) is 23.5 Å². The highest BCUT2D eigenvalue weighted by atomic mass is 32.2. The van der Waals surface area contributed by atoms with E-state index in [1.165, 1.54) is 9.79 Å². The first-order valence-corrected chi connectivity index (χ1v) is 10.2. The summed E-state index contributed by atoms with van der Waals surface area (Å²) in [7, 11) is 4.99. The molecule has 0 aliphatic carbocycles. The summed E-state index contributed by atoms with van der Waals surface area (Å²) in [5.74, 6) is 2.21. The molecule has 0 bridgehead atoms. The molecule has 140 valence electrons. The number of hydrogen-bond acceptors (Lipinski definition) is 5. The molecule has 0 heterocycles. The Bertz CT molecular complexity index is 787. The zero-order chi connectivity index (χ0) is 19.1. The molecule has 0 atom stereocenters. The molecule has 0 N–H and O–H groups in total. The summed E-state index contributed by atoms with van der Waals surface area (Å²) in [6.45, 7) is 0. The smallest absolute Gasteiger partial charge is 0.131 e. The Kier molecular flexibility index (Phi) is 6.96. The fraction of sp³-hybridized carbons (Fsp3) is 0.182. The van der Waals surface area contributed by atoms with Crippen LogP contribution < -0.4 is 14.2 Å². The summed E-state index contributed by atoms with van der Waals surface area (Å²) in [6, 6.07) is 24.5. The molecule has 0 unspecified atom stereocenters. The minimum Gasteiger partial charge on any atom is -0.496 e. The molecule has 3 rings (SSSR count). The highest BCUT2D eigenvalue weighted by molar-refractivity contribution is 8.16. The van der Waals surface area contributed by atoms with E-state index in [0.717, 1.165) is 17.1 Å². The van der Waals surface area contributed by atoms with E-state index in [-0.39, 0.29) is 4.58 Å². The molecule has 0 spiro atoms. The van der Waals surface area contributed by atoms with Crippen LogP contribution in [0.5, 0.6) is 17.2 Å². The summed E-state index contributed by atoms with van der Waals surface area (Å²) < 4.78 is 16.8. The maximum absolute atomic E-state index is 5.70. The van der Waals surface area contributed by atoms with Crippen LogP contribution >= 0.6 is 23.5 Å². The second kappa shape index (κ2) is 9.62. The Morgan fingerprint density at radius 3 is 1.44 bits per heavy atom. The van der Waals surface area contributed by atoms with Gasteiger partial charge in [0.25, 0.3) is 0 Å². The third kappa shape index (κ3) is 4.93. The molecule has 0 saturated carbocycles. The summed E-state index contributed by atoms with van der Waals surface area (Å²) >= 11 is 3.54. The van der Waals surface area contributed by atoms with Gasteiger partial charge in [0.1, 0.15) is 17.2 Å².